The molecule has 1 N–H and O–H groups in total. The molecule has 0 amide bonds. The van der Waals surface area contributed by atoms with Gasteiger partial charge in [-0.3, -0.25) is 4.79 Å². The van der Waals surface area contributed by atoms with Gasteiger partial charge >= 0.3 is 0 Å². The van der Waals surface area contributed by atoms with Gasteiger partial charge in [-0.1, -0.05) is 41.9 Å². The molecule has 6 heteroatoms. The Kier molecular flexibility index (Phi) is 6.44. The highest BCUT2D eigenvalue weighted by atomic mass is 35.5. The van der Waals surface area contributed by atoms with Gasteiger partial charge in [0.15, 0.2) is 5.65 Å². The molecule has 0 spiro atoms. The van der Waals surface area contributed by atoms with Crippen LogP contribution in [0.5, 0.6) is 0 Å². The summed E-state index contributed by atoms with van der Waals surface area (Å²) in [6.45, 7) is 3.66. The summed E-state index contributed by atoms with van der Waals surface area (Å²) in [7, 11) is 0. The summed E-state index contributed by atoms with van der Waals surface area (Å²) in [5, 5.41) is 11.2. The molecule has 164 valence electrons. The molecule has 5 nitrogen and oxygen atoms in total. The first kappa shape index (κ1) is 22.0. The number of hydrogen-bond acceptors (Lipinski definition) is 4. The quantitative estimate of drug-likeness (QED) is 0.343. The molecule has 0 radical (unpaired) electrons. The maximum Gasteiger partial charge on any atom is 0.162 e. The van der Waals surface area contributed by atoms with E-state index in [-0.39, 0.29) is 12.2 Å². The van der Waals surface area contributed by atoms with Crippen LogP contribution in [-0.2, 0) is 16.8 Å². The number of Topliss-reactive ketones (excluding diaryl/α,β-unsaturated/α-hetero) is 1. The van der Waals surface area contributed by atoms with E-state index in [1.165, 1.54) is 6.42 Å². The summed E-state index contributed by atoms with van der Waals surface area (Å²) in [4.78, 5) is 21.9. The number of pyridine rings is 1. The van der Waals surface area contributed by atoms with Crippen LogP contribution in [0.15, 0.2) is 36.4 Å². The van der Waals surface area contributed by atoms with Gasteiger partial charge in [0.1, 0.15) is 22.3 Å². The van der Waals surface area contributed by atoms with E-state index in [4.69, 9.17) is 16.6 Å². The van der Waals surface area contributed by atoms with Gasteiger partial charge in [-0.05, 0) is 63.1 Å². The second kappa shape index (κ2) is 9.09. The van der Waals surface area contributed by atoms with E-state index in [9.17, 15) is 9.90 Å². The standard InChI is InChI=1S/C25H30ClN3O2/c1-17-15-21-24(28-23(17)26)29(19-11-8-12-19)22(27-21)14-7-6-13-20(30)16-25(2,31)18-9-4-3-5-10-18/h3-5,9-10,15,19,31H,6-8,11-14,16H2,1-2H3. The number of halogens is 1. The van der Waals surface area contributed by atoms with Gasteiger partial charge in [0.05, 0.1) is 5.60 Å². The average Bonchev–Trinajstić information content (AvgIpc) is 3.02. The second-order valence-electron chi connectivity index (χ2n) is 8.98. The third kappa shape index (κ3) is 4.83. The molecule has 1 fully saturated rings. The van der Waals surface area contributed by atoms with Crippen molar-refractivity contribution in [2.45, 2.75) is 76.9 Å². The summed E-state index contributed by atoms with van der Waals surface area (Å²) in [5.74, 6) is 1.13. The largest absolute Gasteiger partial charge is 0.385 e. The molecule has 0 aliphatic heterocycles. The predicted molar refractivity (Wildman–Crippen MR) is 123 cm³/mol. The summed E-state index contributed by atoms with van der Waals surface area (Å²) in [5.41, 5.74) is 2.37. The van der Waals surface area contributed by atoms with Crippen LogP contribution in [0.4, 0.5) is 0 Å². The smallest absolute Gasteiger partial charge is 0.162 e. The van der Waals surface area contributed by atoms with Crippen molar-refractivity contribution in [1.29, 1.82) is 0 Å². The molecular formula is C25H30ClN3O2. The van der Waals surface area contributed by atoms with E-state index < -0.39 is 5.60 Å². The molecule has 1 aromatic carbocycles. The number of fused-ring (bicyclic) bond motifs is 1. The first-order chi connectivity index (χ1) is 14.8. The summed E-state index contributed by atoms with van der Waals surface area (Å²) in [6, 6.07) is 11.9. The number of unbranched alkanes of at least 4 members (excludes halogenated alkanes) is 1. The Labute approximate surface area is 188 Å². The normalized spacial score (nSPS) is 16.3. The van der Waals surface area contributed by atoms with Crippen molar-refractivity contribution in [1.82, 2.24) is 14.5 Å². The number of aromatic nitrogens is 3. The Morgan fingerprint density at radius 3 is 2.65 bits per heavy atom. The number of benzene rings is 1. The molecular weight excluding hydrogens is 410 g/mol. The van der Waals surface area contributed by atoms with Crippen molar-refractivity contribution in [3.63, 3.8) is 0 Å². The van der Waals surface area contributed by atoms with E-state index in [1.807, 2.05) is 43.3 Å². The van der Waals surface area contributed by atoms with Gasteiger partial charge < -0.3 is 9.67 Å². The van der Waals surface area contributed by atoms with E-state index in [0.717, 1.165) is 60.2 Å². The highest BCUT2D eigenvalue weighted by Gasteiger charge is 2.27. The number of carbonyl (C=O) groups excluding carboxylic acids is 1. The molecule has 4 rings (SSSR count). The molecule has 1 aliphatic rings. The molecule has 0 saturated heterocycles. The lowest BCUT2D eigenvalue weighted by Gasteiger charge is -2.28. The van der Waals surface area contributed by atoms with Gasteiger partial charge in [-0.25, -0.2) is 9.97 Å². The first-order valence-electron chi connectivity index (χ1n) is 11.2. The maximum absolute atomic E-state index is 12.5. The molecule has 1 aliphatic carbocycles. The van der Waals surface area contributed by atoms with Crippen molar-refractivity contribution in [2.24, 2.45) is 0 Å². The van der Waals surface area contributed by atoms with Crippen molar-refractivity contribution in [2.75, 3.05) is 0 Å². The van der Waals surface area contributed by atoms with Crippen molar-refractivity contribution in [3.8, 4) is 0 Å². The molecule has 1 unspecified atom stereocenters. The zero-order valence-corrected chi connectivity index (χ0v) is 19.0. The predicted octanol–water partition coefficient (Wildman–Crippen LogP) is 5.70. The van der Waals surface area contributed by atoms with Gasteiger partial charge in [-0.15, -0.1) is 0 Å². The number of hydrogen-bond donors (Lipinski definition) is 1. The van der Waals surface area contributed by atoms with E-state index in [1.54, 1.807) is 6.92 Å². The van der Waals surface area contributed by atoms with Crippen LogP contribution in [0.1, 0.15) is 74.9 Å². The second-order valence-corrected chi connectivity index (χ2v) is 9.34. The molecule has 2 aromatic heterocycles. The molecule has 3 aromatic rings. The zero-order valence-electron chi connectivity index (χ0n) is 18.3. The lowest BCUT2D eigenvalue weighted by atomic mass is 9.89. The average molecular weight is 440 g/mol. The number of aryl methyl sites for hydroxylation is 2. The third-order valence-electron chi connectivity index (χ3n) is 6.35. The van der Waals surface area contributed by atoms with Gasteiger partial charge in [0.25, 0.3) is 0 Å². The minimum atomic E-state index is -1.13. The number of carbonyl (C=O) groups is 1. The summed E-state index contributed by atoms with van der Waals surface area (Å²) in [6.07, 6.45) is 6.62. The maximum atomic E-state index is 12.5. The Morgan fingerprint density at radius 2 is 1.97 bits per heavy atom. The first-order valence-corrected chi connectivity index (χ1v) is 11.6. The summed E-state index contributed by atoms with van der Waals surface area (Å²) < 4.78 is 2.27. The highest BCUT2D eigenvalue weighted by molar-refractivity contribution is 6.30. The minimum absolute atomic E-state index is 0.0884. The Balaban J connectivity index is 1.37. The highest BCUT2D eigenvalue weighted by Crippen LogP contribution is 2.36. The number of rotatable bonds is 9. The monoisotopic (exact) mass is 439 g/mol. The molecule has 0 bridgehead atoms. The minimum Gasteiger partial charge on any atom is -0.385 e. The van der Waals surface area contributed by atoms with Crippen molar-refractivity contribution in [3.05, 3.63) is 58.5 Å². The Hall–Kier alpha value is -2.24. The SMILES string of the molecule is Cc1cc2nc(CCCCC(=O)CC(C)(O)c3ccccc3)n(C3CCC3)c2nc1Cl. The topological polar surface area (TPSA) is 68.0 Å². The zero-order chi connectivity index (χ0) is 22.0. The van der Waals surface area contributed by atoms with Crippen molar-refractivity contribution < 1.29 is 9.90 Å². The van der Waals surface area contributed by atoms with E-state index >= 15 is 0 Å². The van der Waals surface area contributed by atoms with Gasteiger partial charge in [0, 0.05) is 25.3 Å². The van der Waals surface area contributed by atoms with Crippen LogP contribution in [0.2, 0.25) is 5.15 Å². The lowest BCUT2D eigenvalue weighted by molar-refractivity contribution is -0.123. The van der Waals surface area contributed by atoms with Crippen LogP contribution >= 0.6 is 11.6 Å². The Bertz CT molecular complexity index is 1070. The fourth-order valence-electron chi connectivity index (χ4n) is 4.32. The van der Waals surface area contributed by atoms with Crippen LogP contribution in [-0.4, -0.2) is 25.4 Å². The third-order valence-corrected chi connectivity index (χ3v) is 6.73. The fraction of sp³-hybridized carbons (Fsp3) is 0.480. The molecule has 1 saturated carbocycles. The van der Waals surface area contributed by atoms with Crippen LogP contribution in [0, 0.1) is 6.92 Å². The Morgan fingerprint density at radius 1 is 1.23 bits per heavy atom. The molecule has 1 atom stereocenters. The van der Waals surface area contributed by atoms with Crippen LogP contribution in [0.3, 0.4) is 0 Å². The van der Waals surface area contributed by atoms with Crippen LogP contribution < -0.4 is 0 Å². The fourth-order valence-corrected chi connectivity index (χ4v) is 4.46. The van der Waals surface area contributed by atoms with Crippen LogP contribution in [0.25, 0.3) is 11.2 Å². The lowest BCUT2D eigenvalue weighted by Crippen LogP contribution is -2.25. The number of aliphatic hydroxyl groups is 1. The van der Waals surface area contributed by atoms with E-state index in [0.29, 0.717) is 17.6 Å². The molecule has 2 heterocycles. The number of imidazole rings is 1. The number of ketones is 1. The van der Waals surface area contributed by atoms with E-state index in [2.05, 4.69) is 9.55 Å². The van der Waals surface area contributed by atoms with Gasteiger partial charge in [0.2, 0.25) is 0 Å². The number of nitrogens with zero attached hydrogens (tertiary/aromatic N) is 3. The summed E-state index contributed by atoms with van der Waals surface area (Å²) >= 11 is 6.28. The molecule has 31 heavy (non-hydrogen) atoms. The van der Waals surface area contributed by atoms with Gasteiger partial charge in [-0.2, -0.15) is 0 Å². The van der Waals surface area contributed by atoms with Crippen molar-refractivity contribution >= 4 is 28.5 Å².